The van der Waals surface area contributed by atoms with Crippen LogP contribution in [0.1, 0.15) is 0 Å². The molecule has 0 saturated carbocycles. The summed E-state index contributed by atoms with van der Waals surface area (Å²) in [6.07, 6.45) is 0. The predicted octanol–water partition coefficient (Wildman–Crippen LogP) is 10.1. The molecule has 7 aromatic rings. The van der Waals surface area contributed by atoms with E-state index in [0.29, 0.717) is 0 Å². The Hall–Kier alpha value is -0.697. The number of fused-ring (bicyclic) bond motifs is 12. The van der Waals surface area contributed by atoms with Crippen LogP contribution in [0.4, 0.5) is 0 Å². The average molecular weight is 1130 g/mol. The summed E-state index contributed by atoms with van der Waals surface area (Å²) in [6.45, 7) is 0. The van der Waals surface area contributed by atoms with Crippen molar-refractivity contribution in [3.63, 3.8) is 0 Å². The van der Waals surface area contributed by atoms with Gasteiger partial charge in [0, 0.05) is 196 Å². The van der Waals surface area contributed by atoms with Gasteiger partial charge in [-0.1, -0.05) is 64.6 Å². The smallest absolute Gasteiger partial charge is 0 e. The van der Waals surface area contributed by atoms with Crippen molar-refractivity contribution in [2.24, 2.45) is 0 Å². The normalized spacial score (nSPS) is 8.44. The molecule has 12 bridgehead atoms. The van der Waals surface area contributed by atoms with E-state index in [4.69, 9.17) is 0 Å². The molecule has 0 aliphatic heterocycles. The van der Waals surface area contributed by atoms with Crippen LogP contribution in [0, 0.1) is 109 Å². The molecule has 0 atom stereocenters. The van der Waals surface area contributed by atoms with Gasteiger partial charge < -0.3 is 0 Å². The van der Waals surface area contributed by atoms with Crippen LogP contribution in [0.25, 0.3) is 64.6 Å². The zero-order valence-electron chi connectivity index (χ0n) is 28.9. The Labute approximate surface area is 470 Å². The standard InChI is InChI=1S/C48H18.6Y/c1-7-37-19-21-39-9-2-11-41(32-39)23-25-43-13-4-15-45(34-43)27-29-47-17-6-18-48(36-47)30-28-46-16-5-14-44(35-46)26-24-42-12-3-10-40(33-42)22-20-38(8-1)31-37;;;;;;/h7-18,31-36H;;;;;;/q-6;;;;;;. The molecule has 0 aliphatic carbocycles. The van der Waals surface area contributed by atoms with E-state index in [2.05, 4.69) is 109 Å². The topological polar surface area (TPSA) is 0 Å². The molecule has 6 heteroatoms. The Kier molecular flexibility index (Phi) is 25.7. The second-order valence-electron chi connectivity index (χ2n) is 10.6. The van der Waals surface area contributed by atoms with Crippen LogP contribution in [-0.4, -0.2) is 0 Å². The third-order valence-corrected chi connectivity index (χ3v) is 6.84. The first-order valence-corrected chi connectivity index (χ1v) is 14.9. The molecule has 0 spiro atoms. The fourth-order valence-electron chi connectivity index (χ4n) is 4.56. The molecule has 54 heavy (non-hydrogen) atoms. The Morgan fingerprint density at radius 2 is 0.278 bits per heavy atom. The van der Waals surface area contributed by atoms with Gasteiger partial charge in [0.25, 0.3) is 0 Å². The van der Waals surface area contributed by atoms with Crippen LogP contribution < -0.4 is 0 Å². The van der Waals surface area contributed by atoms with Crippen LogP contribution >= 0.6 is 0 Å². The largest absolute Gasteiger partial charge is 0.181 e. The van der Waals surface area contributed by atoms with E-state index in [-0.39, 0.29) is 196 Å². The van der Waals surface area contributed by atoms with E-state index in [0.717, 1.165) is 64.6 Å². The zero-order valence-corrected chi connectivity index (χ0v) is 45.9. The predicted molar refractivity (Wildman–Crippen MR) is 190 cm³/mol. The van der Waals surface area contributed by atoms with Gasteiger partial charge in [0.2, 0.25) is 0 Å². The maximum absolute atomic E-state index is 3.21. The van der Waals surface area contributed by atoms with Crippen molar-refractivity contribution in [2.45, 2.75) is 0 Å². The van der Waals surface area contributed by atoms with E-state index in [1.165, 1.54) is 0 Å². The summed E-state index contributed by atoms with van der Waals surface area (Å²) < 4.78 is 0. The summed E-state index contributed by atoms with van der Waals surface area (Å²) in [5.74, 6) is 0. The van der Waals surface area contributed by atoms with Crippen molar-refractivity contribution in [2.75, 3.05) is 0 Å². The quantitative estimate of drug-likeness (QED) is 0.133. The first kappa shape index (κ1) is 51.3. The molecule has 0 unspecified atom stereocenters. The maximum atomic E-state index is 3.21. The molecular weight excluding hydrogens is 1110 g/mol. The van der Waals surface area contributed by atoms with Crippen LogP contribution in [0.3, 0.4) is 0 Å². The van der Waals surface area contributed by atoms with Crippen LogP contribution in [0.5, 0.6) is 0 Å². The summed E-state index contributed by atoms with van der Waals surface area (Å²) in [5, 5.41) is 9.73. The molecule has 0 aliphatic rings. The van der Waals surface area contributed by atoms with E-state index >= 15 is 0 Å². The molecule has 0 fully saturated rings. The van der Waals surface area contributed by atoms with Crippen molar-refractivity contribution < 1.29 is 196 Å². The van der Waals surface area contributed by atoms with Crippen LogP contribution in [0.15, 0.2) is 109 Å². The van der Waals surface area contributed by atoms with Crippen molar-refractivity contribution in [3.05, 3.63) is 218 Å². The molecule has 7 aromatic carbocycles. The monoisotopic (exact) mass is 1130 g/mol. The average Bonchev–Trinajstić information content (AvgIpc) is 3.14. The summed E-state index contributed by atoms with van der Waals surface area (Å²) in [6, 6.07) is 91.3. The van der Waals surface area contributed by atoms with E-state index in [9.17, 15) is 0 Å². The van der Waals surface area contributed by atoms with Gasteiger partial charge in [-0.25, -0.2) is 0 Å². The van der Waals surface area contributed by atoms with Gasteiger partial charge in [-0.3, -0.25) is 0 Å². The number of hydrogen-bond acceptors (Lipinski definition) is 0. The van der Waals surface area contributed by atoms with Gasteiger partial charge in [-0.2, -0.15) is 109 Å². The van der Waals surface area contributed by atoms with Gasteiger partial charge in [0.05, 0.1) is 0 Å². The summed E-state index contributed by atoms with van der Waals surface area (Å²) in [5.41, 5.74) is 0. The maximum Gasteiger partial charge on any atom is 0 e. The molecule has 234 valence electrons. The molecule has 0 N–H and O–H groups in total. The van der Waals surface area contributed by atoms with E-state index in [1.54, 1.807) is 0 Å². The Bertz CT molecular complexity index is 1980. The zero-order chi connectivity index (χ0) is 32.4. The number of rotatable bonds is 0. The molecule has 7 rings (SSSR count). The SMILES string of the molecule is [Y].[Y].[Y].[Y].[Y].[Y].c1c2c[c-]cc(c#cc3c[c-]cc(c#cc4c[c-]cc(c#cc5c[c-]cc(c#cc6c[c-]cc(c#cc7c[c-]cc(c#1)c7)c6)c5)c4)c3)c2. The van der Waals surface area contributed by atoms with Crippen LogP contribution in [0.2, 0.25) is 0 Å². The minimum atomic E-state index is 0. The fraction of sp³-hybridized carbons (Fsp3) is 0. The third-order valence-electron chi connectivity index (χ3n) is 6.84. The van der Waals surface area contributed by atoms with Gasteiger partial charge in [-0.15, -0.1) is 109 Å². The van der Waals surface area contributed by atoms with Gasteiger partial charge in [0.15, 0.2) is 0 Å². The van der Waals surface area contributed by atoms with Crippen molar-refractivity contribution in [3.8, 4) is 0 Å². The third kappa shape index (κ3) is 16.3. The molecule has 6 radical (unpaired) electrons. The van der Waals surface area contributed by atoms with E-state index in [1.807, 2.05) is 109 Å². The summed E-state index contributed by atoms with van der Waals surface area (Å²) in [7, 11) is 0. The van der Waals surface area contributed by atoms with Gasteiger partial charge in [0.1, 0.15) is 0 Å². The van der Waals surface area contributed by atoms with Crippen LogP contribution in [-0.2, 0) is 196 Å². The minimum absolute atomic E-state index is 0. The number of hydrogen-bond donors (Lipinski definition) is 0. The van der Waals surface area contributed by atoms with Gasteiger partial charge >= 0.3 is 0 Å². The molecule has 0 heterocycles. The molecule has 0 aromatic heterocycles. The van der Waals surface area contributed by atoms with Crippen molar-refractivity contribution in [1.82, 2.24) is 0 Å². The molecule has 0 amide bonds. The minimum Gasteiger partial charge on any atom is -0.181 e. The Morgan fingerprint density at radius 3 is 0.370 bits per heavy atom. The second kappa shape index (κ2) is 27.1. The van der Waals surface area contributed by atoms with Gasteiger partial charge in [-0.05, 0) is 0 Å². The Morgan fingerprint density at radius 1 is 0.185 bits per heavy atom. The summed E-state index contributed by atoms with van der Waals surface area (Å²) >= 11 is 0. The number of benzene rings is 6. The molecular formula is C48H18Y6-6. The summed E-state index contributed by atoms with van der Waals surface area (Å²) in [4.78, 5) is 0. The fourth-order valence-corrected chi connectivity index (χ4v) is 4.56. The second-order valence-corrected chi connectivity index (χ2v) is 10.6. The molecule has 0 nitrogen and oxygen atoms in total. The first-order chi connectivity index (χ1) is 23.7. The van der Waals surface area contributed by atoms with E-state index < -0.39 is 0 Å². The molecule has 0 saturated heterocycles. The Balaban J connectivity index is 0.00000243. The first-order valence-electron chi connectivity index (χ1n) is 14.9. The van der Waals surface area contributed by atoms with Crippen molar-refractivity contribution in [1.29, 1.82) is 0 Å². The van der Waals surface area contributed by atoms with Crippen molar-refractivity contribution >= 4 is 64.6 Å².